The summed E-state index contributed by atoms with van der Waals surface area (Å²) in [4.78, 5) is 0. The maximum atomic E-state index is 9.18. The lowest BCUT2D eigenvalue weighted by Crippen LogP contribution is -2.21. The summed E-state index contributed by atoms with van der Waals surface area (Å²) in [5.41, 5.74) is 0.694. The molecule has 2 unspecified atom stereocenters. The smallest absolute Gasteiger partial charge is 0.0565 e. The molecule has 2 rings (SSSR count). The first-order valence-corrected chi connectivity index (χ1v) is 7.69. The quantitative estimate of drug-likeness (QED) is 0.621. The van der Waals surface area contributed by atoms with Gasteiger partial charge in [0.25, 0.3) is 0 Å². The van der Waals surface area contributed by atoms with Gasteiger partial charge in [0.05, 0.1) is 6.10 Å². The Labute approximate surface area is 109 Å². The Morgan fingerprint density at radius 2 is 1.35 bits per heavy atom. The largest absolute Gasteiger partial charge is 0.393 e. The van der Waals surface area contributed by atoms with E-state index in [4.69, 9.17) is 0 Å². The summed E-state index contributed by atoms with van der Waals surface area (Å²) in [5.74, 6) is 0.559. The minimum absolute atomic E-state index is 0.00347. The Balaban J connectivity index is 0.000000265. The van der Waals surface area contributed by atoms with E-state index in [9.17, 15) is 5.11 Å². The number of hydrogen-bond donors (Lipinski definition) is 1. The molecule has 1 nitrogen and oxygen atoms in total. The molecule has 0 radical (unpaired) electrons. The van der Waals surface area contributed by atoms with E-state index in [2.05, 4.69) is 20.8 Å². The molecule has 17 heavy (non-hydrogen) atoms. The van der Waals surface area contributed by atoms with Gasteiger partial charge in [0.1, 0.15) is 0 Å². The van der Waals surface area contributed by atoms with Gasteiger partial charge in [0, 0.05) is 0 Å². The monoisotopic (exact) mass is 242 g/mol. The Bertz CT molecular complexity index is 156. The van der Waals surface area contributed by atoms with Gasteiger partial charge in [-0.3, -0.25) is 0 Å². The Morgan fingerprint density at radius 1 is 0.882 bits per heavy atom. The third kappa shape index (κ3) is 7.81. The van der Waals surface area contributed by atoms with Gasteiger partial charge in [-0.1, -0.05) is 60.3 Å². The van der Waals surface area contributed by atoms with Crippen LogP contribution >= 0.6 is 0 Å². The number of hydrogen-bond acceptors (Lipinski definition) is 1. The van der Waals surface area contributed by atoms with Gasteiger partial charge in [-0.25, -0.2) is 0 Å². The number of aliphatic hydroxyl groups excluding tert-OH is 1. The molecule has 0 aliphatic heterocycles. The predicted molar refractivity (Wildman–Crippen MR) is 77.2 cm³/mol. The third-order valence-corrected chi connectivity index (χ3v) is 4.02. The second-order valence-corrected chi connectivity index (χ2v) is 6.20. The molecule has 0 aromatic carbocycles. The van der Waals surface area contributed by atoms with Crippen molar-refractivity contribution in [3.05, 3.63) is 0 Å². The van der Waals surface area contributed by atoms with Gasteiger partial charge >= 0.3 is 0 Å². The van der Waals surface area contributed by atoms with Crippen LogP contribution in [0, 0.1) is 11.3 Å². The second kappa shape index (κ2) is 8.97. The van der Waals surface area contributed by atoms with E-state index in [-0.39, 0.29) is 6.10 Å². The van der Waals surface area contributed by atoms with Crippen molar-refractivity contribution in [2.24, 2.45) is 11.3 Å². The maximum absolute atomic E-state index is 9.18. The van der Waals surface area contributed by atoms with Crippen molar-refractivity contribution in [2.45, 2.75) is 92.1 Å². The van der Waals surface area contributed by atoms with Gasteiger partial charge in [0.15, 0.2) is 0 Å². The molecule has 2 aliphatic rings. The van der Waals surface area contributed by atoms with Crippen LogP contribution in [-0.2, 0) is 0 Å². The second-order valence-electron chi connectivity index (χ2n) is 6.20. The van der Waals surface area contributed by atoms with Crippen LogP contribution in [0.5, 0.6) is 0 Å². The molecule has 1 heteroatoms. The van der Waals surface area contributed by atoms with Crippen molar-refractivity contribution < 1.29 is 5.11 Å². The Morgan fingerprint density at radius 3 is 1.59 bits per heavy atom. The van der Waals surface area contributed by atoms with Crippen molar-refractivity contribution in [2.75, 3.05) is 0 Å². The minimum Gasteiger partial charge on any atom is -0.393 e. The normalized spacial score (nSPS) is 30.7. The van der Waals surface area contributed by atoms with Gasteiger partial charge in [-0.2, -0.15) is 0 Å². The molecule has 2 aliphatic carbocycles. The summed E-state index contributed by atoms with van der Waals surface area (Å²) in [6, 6.07) is 0. The highest BCUT2D eigenvalue weighted by Crippen LogP contribution is 2.36. The van der Waals surface area contributed by atoms with Crippen molar-refractivity contribution in [3.63, 3.8) is 0 Å². The third-order valence-electron chi connectivity index (χ3n) is 4.02. The molecular formula is C16H34O. The van der Waals surface area contributed by atoms with E-state index in [1.807, 2.05) is 13.8 Å². The van der Waals surface area contributed by atoms with E-state index >= 15 is 0 Å². The van der Waals surface area contributed by atoms with Crippen LogP contribution in [0.2, 0.25) is 0 Å². The van der Waals surface area contributed by atoms with E-state index in [1.165, 1.54) is 44.9 Å². The van der Waals surface area contributed by atoms with Crippen molar-refractivity contribution >= 4 is 0 Å². The van der Waals surface area contributed by atoms with Crippen LogP contribution in [0.25, 0.3) is 0 Å². The molecule has 104 valence electrons. The summed E-state index contributed by atoms with van der Waals surface area (Å²) in [5, 5.41) is 9.18. The molecule has 0 saturated heterocycles. The molecule has 2 atom stereocenters. The van der Waals surface area contributed by atoms with Gasteiger partial charge in [0.2, 0.25) is 0 Å². The van der Waals surface area contributed by atoms with Crippen LogP contribution in [0.3, 0.4) is 0 Å². The molecule has 0 aromatic rings. The zero-order valence-electron chi connectivity index (χ0n) is 12.8. The lowest BCUT2D eigenvalue weighted by molar-refractivity contribution is 0.0793. The van der Waals surface area contributed by atoms with E-state index < -0.39 is 0 Å². The minimum atomic E-state index is 0.00347. The molecule has 2 fully saturated rings. The van der Waals surface area contributed by atoms with Crippen molar-refractivity contribution in [1.29, 1.82) is 0 Å². The van der Waals surface area contributed by atoms with E-state index in [0.29, 0.717) is 11.3 Å². The highest BCUT2D eigenvalue weighted by molar-refractivity contribution is 4.74. The molecule has 2 saturated carbocycles. The Hall–Kier alpha value is -0.0400. The van der Waals surface area contributed by atoms with Crippen LogP contribution in [0.1, 0.15) is 86.0 Å². The topological polar surface area (TPSA) is 20.2 Å². The number of aliphatic hydroxyl groups is 1. The highest BCUT2D eigenvalue weighted by atomic mass is 16.3. The average molecular weight is 242 g/mol. The molecule has 0 bridgehead atoms. The lowest BCUT2D eigenvalue weighted by atomic mass is 9.88. The van der Waals surface area contributed by atoms with Crippen molar-refractivity contribution in [1.82, 2.24) is 0 Å². The van der Waals surface area contributed by atoms with Crippen LogP contribution in [-0.4, -0.2) is 11.2 Å². The number of rotatable bonds is 0. The van der Waals surface area contributed by atoms with E-state index in [0.717, 1.165) is 6.42 Å². The highest BCUT2D eigenvalue weighted by Gasteiger charge is 2.21. The van der Waals surface area contributed by atoms with Gasteiger partial charge in [-0.05, 0) is 37.0 Å². The summed E-state index contributed by atoms with van der Waals surface area (Å²) in [6.45, 7) is 10.9. The fourth-order valence-electron chi connectivity index (χ4n) is 2.63. The van der Waals surface area contributed by atoms with Gasteiger partial charge < -0.3 is 5.11 Å². The molecule has 0 spiro atoms. The summed E-state index contributed by atoms with van der Waals surface area (Å²) >= 11 is 0. The van der Waals surface area contributed by atoms with Crippen molar-refractivity contribution in [3.8, 4) is 0 Å². The molecule has 0 aromatic heterocycles. The molecular weight excluding hydrogens is 208 g/mol. The molecule has 0 amide bonds. The first-order chi connectivity index (χ1) is 8.01. The first kappa shape index (κ1) is 17.0. The zero-order valence-corrected chi connectivity index (χ0v) is 12.8. The maximum Gasteiger partial charge on any atom is 0.0565 e. The Kier molecular flexibility index (Phi) is 8.94. The van der Waals surface area contributed by atoms with E-state index in [1.54, 1.807) is 0 Å². The van der Waals surface area contributed by atoms with Gasteiger partial charge in [-0.15, -0.1) is 0 Å². The van der Waals surface area contributed by atoms with Crippen LogP contribution in [0.15, 0.2) is 0 Å². The average Bonchev–Trinajstić information content (AvgIpc) is 2.71. The fourth-order valence-corrected chi connectivity index (χ4v) is 2.63. The molecule has 1 N–H and O–H groups in total. The predicted octanol–water partition coefficient (Wildman–Crippen LogP) is 5.17. The zero-order chi connectivity index (χ0) is 13.3. The fraction of sp³-hybridized carbons (Fsp3) is 1.00. The lowest BCUT2D eigenvalue weighted by Gasteiger charge is -2.23. The van der Waals surface area contributed by atoms with Crippen LogP contribution < -0.4 is 0 Å². The van der Waals surface area contributed by atoms with Crippen LogP contribution in [0.4, 0.5) is 0 Å². The first-order valence-electron chi connectivity index (χ1n) is 7.69. The SMILES string of the molecule is CC.CC1(C)CCCC1.CC1CCCCC1O. The summed E-state index contributed by atoms with van der Waals surface area (Å²) in [6.07, 6.45) is 10.6. The standard InChI is InChI=1S/C7H14O.C7H14.C2H6/c1-6-4-2-3-5-7(6)8;1-7(2)5-3-4-6-7;1-2/h6-8H,2-5H2,1H3;3-6H2,1-2H3;1-2H3. The molecule has 0 heterocycles. The summed E-state index contributed by atoms with van der Waals surface area (Å²) in [7, 11) is 0. The summed E-state index contributed by atoms with van der Waals surface area (Å²) < 4.78 is 0.